The van der Waals surface area contributed by atoms with Gasteiger partial charge in [0.25, 0.3) is 0 Å². The lowest BCUT2D eigenvalue weighted by molar-refractivity contribution is 0.398. The lowest BCUT2D eigenvalue weighted by Crippen LogP contribution is -2.27. The molecule has 2 unspecified atom stereocenters. The van der Waals surface area contributed by atoms with Gasteiger partial charge in [-0.25, -0.2) is 4.39 Å². The van der Waals surface area contributed by atoms with Crippen LogP contribution in [0.5, 0.6) is 5.75 Å². The van der Waals surface area contributed by atoms with Crippen molar-refractivity contribution in [3.05, 3.63) is 65.0 Å². The average molecular weight is 285 g/mol. The van der Waals surface area contributed by atoms with Crippen LogP contribution in [0.1, 0.15) is 48.5 Å². The van der Waals surface area contributed by atoms with Gasteiger partial charge in [-0.2, -0.15) is 0 Å². The van der Waals surface area contributed by atoms with E-state index in [1.807, 2.05) is 6.92 Å². The highest BCUT2D eigenvalue weighted by atomic mass is 19.1. The molecule has 2 aromatic carbocycles. The van der Waals surface area contributed by atoms with Crippen LogP contribution in [0.4, 0.5) is 4.39 Å². The number of fused-ring (bicyclic) bond motifs is 1. The zero-order valence-corrected chi connectivity index (χ0v) is 12.1. The summed E-state index contributed by atoms with van der Waals surface area (Å²) in [6.07, 6.45) is 3.34. The molecule has 0 bridgehead atoms. The van der Waals surface area contributed by atoms with E-state index < -0.39 is 0 Å². The van der Waals surface area contributed by atoms with E-state index in [0.717, 1.165) is 19.3 Å². The number of aromatic hydroxyl groups is 1. The summed E-state index contributed by atoms with van der Waals surface area (Å²) in [5.74, 6) is -0.180. The van der Waals surface area contributed by atoms with Crippen molar-refractivity contribution in [1.82, 2.24) is 5.32 Å². The van der Waals surface area contributed by atoms with Crippen molar-refractivity contribution in [3.63, 3.8) is 0 Å². The number of hydrogen-bond acceptors (Lipinski definition) is 2. The van der Waals surface area contributed by atoms with Gasteiger partial charge in [-0.15, -0.1) is 0 Å². The third-order valence-electron chi connectivity index (χ3n) is 4.28. The van der Waals surface area contributed by atoms with Crippen LogP contribution in [0.2, 0.25) is 0 Å². The van der Waals surface area contributed by atoms with Crippen molar-refractivity contribution < 1.29 is 9.50 Å². The summed E-state index contributed by atoms with van der Waals surface area (Å²) < 4.78 is 13.4. The first-order valence-electron chi connectivity index (χ1n) is 7.47. The topological polar surface area (TPSA) is 32.3 Å². The Balaban J connectivity index is 1.82. The number of rotatable bonds is 3. The molecule has 1 aliphatic rings. The summed E-state index contributed by atoms with van der Waals surface area (Å²) in [6.45, 7) is 1.96. The number of phenols is 1. The highest BCUT2D eigenvalue weighted by Gasteiger charge is 2.22. The Bertz CT molecular complexity index is 641. The summed E-state index contributed by atoms with van der Waals surface area (Å²) >= 11 is 0. The molecule has 21 heavy (non-hydrogen) atoms. The van der Waals surface area contributed by atoms with Gasteiger partial charge in [-0.3, -0.25) is 0 Å². The monoisotopic (exact) mass is 285 g/mol. The Hall–Kier alpha value is -1.87. The summed E-state index contributed by atoms with van der Waals surface area (Å²) in [5, 5.41) is 13.5. The van der Waals surface area contributed by atoms with Gasteiger partial charge >= 0.3 is 0 Å². The maximum absolute atomic E-state index is 13.4. The third-order valence-corrected chi connectivity index (χ3v) is 4.28. The molecule has 0 aliphatic heterocycles. The van der Waals surface area contributed by atoms with Crippen molar-refractivity contribution >= 4 is 0 Å². The Morgan fingerprint density at radius 3 is 2.90 bits per heavy atom. The quantitative estimate of drug-likeness (QED) is 0.883. The van der Waals surface area contributed by atoms with Crippen LogP contribution in [0.25, 0.3) is 0 Å². The number of halogens is 1. The average Bonchev–Trinajstić information content (AvgIpc) is 2.50. The lowest BCUT2D eigenvalue weighted by atomic mass is 9.87. The van der Waals surface area contributed by atoms with E-state index in [1.54, 1.807) is 0 Å². The van der Waals surface area contributed by atoms with Gasteiger partial charge in [0.2, 0.25) is 0 Å². The number of hydrogen-bond donors (Lipinski definition) is 2. The standard InChI is InChI=1S/C18H20FNO/c1-12(16-11-14(19)9-10-18(16)21)20-17-8-4-6-13-5-2-3-7-15(13)17/h2-3,5,7,9-12,17,20-21H,4,6,8H2,1H3. The smallest absolute Gasteiger partial charge is 0.123 e. The van der Waals surface area contributed by atoms with Crippen LogP contribution in [0.15, 0.2) is 42.5 Å². The van der Waals surface area contributed by atoms with E-state index in [9.17, 15) is 9.50 Å². The van der Waals surface area contributed by atoms with E-state index >= 15 is 0 Å². The summed E-state index contributed by atoms with van der Waals surface area (Å²) in [4.78, 5) is 0. The van der Waals surface area contributed by atoms with Gasteiger partial charge in [0.05, 0.1) is 0 Å². The minimum atomic E-state index is -0.319. The molecule has 3 heteroatoms. The molecule has 0 saturated heterocycles. The first-order chi connectivity index (χ1) is 10.1. The minimum Gasteiger partial charge on any atom is -0.508 e. The molecule has 0 spiro atoms. The van der Waals surface area contributed by atoms with E-state index in [2.05, 4.69) is 29.6 Å². The number of benzene rings is 2. The molecule has 0 aromatic heterocycles. The normalized spacial score (nSPS) is 19.0. The molecule has 110 valence electrons. The summed E-state index contributed by atoms with van der Waals surface area (Å²) in [6, 6.07) is 12.7. The zero-order valence-electron chi connectivity index (χ0n) is 12.1. The maximum atomic E-state index is 13.4. The van der Waals surface area contributed by atoms with E-state index in [-0.39, 0.29) is 23.7 Å². The van der Waals surface area contributed by atoms with Crippen LogP contribution >= 0.6 is 0 Å². The molecule has 0 heterocycles. The first kappa shape index (κ1) is 14.1. The molecule has 0 amide bonds. The molecule has 0 fully saturated rings. The molecule has 1 aliphatic carbocycles. The van der Waals surface area contributed by atoms with E-state index in [0.29, 0.717) is 5.56 Å². The SMILES string of the molecule is CC(NC1CCCc2ccccc21)c1cc(F)ccc1O. The highest BCUT2D eigenvalue weighted by Crippen LogP contribution is 2.33. The Morgan fingerprint density at radius 2 is 2.05 bits per heavy atom. The van der Waals surface area contributed by atoms with Gasteiger partial charge in [-0.05, 0) is 55.5 Å². The lowest BCUT2D eigenvalue weighted by Gasteiger charge is -2.29. The van der Waals surface area contributed by atoms with Gasteiger partial charge in [-0.1, -0.05) is 24.3 Å². The van der Waals surface area contributed by atoms with Crippen molar-refractivity contribution in [3.8, 4) is 5.75 Å². The van der Waals surface area contributed by atoms with Crippen LogP contribution in [-0.2, 0) is 6.42 Å². The van der Waals surface area contributed by atoms with Gasteiger partial charge < -0.3 is 10.4 Å². The molecule has 2 atom stereocenters. The fourth-order valence-corrected chi connectivity index (χ4v) is 3.19. The molecular formula is C18H20FNO. The molecular weight excluding hydrogens is 265 g/mol. The van der Waals surface area contributed by atoms with Crippen LogP contribution in [0, 0.1) is 5.82 Å². The summed E-state index contributed by atoms with van der Waals surface area (Å²) in [5.41, 5.74) is 3.32. The molecule has 2 N–H and O–H groups in total. The fourth-order valence-electron chi connectivity index (χ4n) is 3.19. The molecule has 0 saturated carbocycles. The second-order valence-corrected chi connectivity index (χ2v) is 5.74. The van der Waals surface area contributed by atoms with E-state index in [4.69, 9.17) is 0 Å². The van der Waals surface area contributed by atoms with Crippen molar-refractivity contribution in [1.29, 1.82) is 0 Å². The molecule has 2 aromatic rings. The predicted octanol–water partition coefficient (Wildman–Crippen LogP) is 4.26. The third kappa shape index (κ3) is 2.93. The number of aryl methyl sites for hydroxylation is 1. The Morgan fingerprint density at radius 1 is 1.24 bits per heavy atom. The van der Waals surface area contributed by atoms with Crippen LogP contribution in [-0.4, -0.2) is 5.11 Å². The Kier molecular flexibility index (Phi) is 3.93. The first-order valence-corrected chi connectivity index (χ1v) is 7.47. The largest absolute Gasteiger partial charge is 0.508 e. The van der Waals surface area contributed by atoms with Gasteiger partial charge in [0.15, 0.2) is 0 Å². The zero-order chi connectivity index (χ0) is 14.8. The Labute approximate surface area is 124 Å². The maximum Gasteiger partial charge on any atom is 0.123 e. The van der Waals surface area contributed by atoms with Gasteiger partial charge in [0, 0.05) is 17.6 Å². The molecule has 2 nitrogen and oxygen atoms in total. The predicted molar refractivity (Wildman–Crippen MR) is 81.7 cm³/mol. The molecule has 0 radical (unpaired) electrons. The summed E-state index contributed by atoms with van der Waals surface area (Å²) in [7, 11) is 0. The second kappa shape index (κ2) is 5.86. The molecule has 3 rings (SSSR count). The van der Waals surface area contributed by atoms with Gasteiger partial charge in [0.1, 0.15) is 11.6 Å². The minimum absolute atomic E-state index is 0.100. The fraction of sp³-hybridized carbons (Fsp3) is 0.333. The highest BCUT2D eigenvalue weighted by molar-refractivity contribution is 5.36. The number of nitrogens with one attached hydrogen (secondary N) is 1. The van der Waals surface area contributed by atoms with Crippen LogP contribution < -0.4 is 5.32 Å². The van der Waals surface area contributed by atoms with E-state index in [1.165, 1.54) is 29.3 Å². The van der Waals surface area contributed by atoms with Crippen molar-refractivity contribution in [2.45, 2.75) is 38.3 Å². The van der Waals surface area contributed by atoms with Crippen molar-refractivity contribution in [2.75, 3.05) is 0 Å². The van der Waals surface area contributed by atoms with Crippen LogP contribution in [0.3, 0.4) is 0 Å². The van der Waals surface area contributed by atoms with Crippen molar-refractivity contribution in [2.24, 2.45) is 0 Å². The number of phenolic OH excluding ortho intramolecular Hbond substituents is 1. The second-order valence-electron chi connectivity index (χ2n) is 5.74.